The molecule has 0 unspecified atom stereocenters. The molecule has 0 aromatic heterocycles. The summed E-state index contributed by atoms with van der Waals surface area (Å²) in [6.45, 7) is -1.65. The third kappa shape index (κ3) is 6.45. The number of halogens is 1. The van der Waals surface area contributed by atoms with E-state index in [4.69, 9.17) is 27.9 Å². The first kappa shape index (κ1) is 16.1. The molecule has 1 N–H and O–H groups in total. The van der Waals surface area contributed by atoms with E-state index in [0.717, 1.165) is 0 Å². The number of aliphatic hydroxyl groups excluding tert-OH is 1. The zero-order chi connectivity index (χ0) is 13.3. The normalized spacial score (nSPS) is 11.2. The molecular formula is C8H12ClNO6S. The zero-order valence-electron chi connectivity index (χ0n) is 8.83. The van der Waals surface area contributed by atoms with Crippen molar-refractivity contribution in [2.24, 2.45) is 0 Å². The summed E-state index contributed by atoms with van der Waals surface area (Å²) in [5.41, 5.74) is 0. The smallest absolute Gasteiger partial charge is 0.385 e. The summed E-state index contributed by atoms with van der Waals surface area (Å²) in [5, 5.41) is 8.38. The van der Waals surface area contributed by atoms with E-state index in [-0.39, 0.29) is 19.0 Å². The first-order valence-corrected chi connectivity index (χ1v) is 6.28. The van der Waals surface area contributed by atoms with E-state index in [2.05, 4.69) is 10.1 Å². The predicted octanol–water partition coefficient (Wildman–Crippen LogP) is -1.09. The quantitative estimate of drug-likeness (QED) is 0.264. The molecule has 0 aliphatic carbocycles. The molecule has 7 nitrogen and oxygen atoms in total. The van der Waals surface area contributed by atoms with Gasteiger partial charge in [-0.2, -0.15) is 8.42 Å². The van der Waals surface area contributed by atoms with Crippen molar-refractivity contribution in [1.82, 2.24) is 4.31 Å². The monoisotopic (exact) mass is 285 g/mol. The Kier molecular flexibility index (Phi) is 7.86. The molecule has 0 aliphatic heterocycles. The van der Waals surface area contributed by atoms with Gasteiger partial charge in [-0.1, -0.05) is 5.92 Å². The lowest BCUT2D eigenvalue weighted by Gasteiger charge is -2.18. The van der Waals surface area contributed by atoms with Crippen molar-refractivity contribution >= 4 is 27.9 Å². The summed E-state index contributed by atoms with van der Waals surface area (Å²) in [6.07, 6.45) is 4.91. The first-order chi connectivity index (χ1) is 7.97. The Morgan fingerprint density at radius 1 is 1.53 bits per heavy atom. The van der Waals surface area contributed by atoms with Crippen molar-refractivity contribution in [3.05, 3.63) is 0 Å². The van der Waals surface area contributed by atoms with E-state index in [1.54, 1.807) is 0 Å². The summed E-state index contributed by atoms with van der Waals surface area (Å²) in [5.74, 6) is 0.835. The Labute approximate surface area is 105 Å². The average molecular weight is 286 g/mol. The molecule has 0 rings (SSSR count). The van der Waals surface area contributed by atoms with Crippen molar-refractivity contribution in [1.29, 1.82) is 0 Å². The molecular weight excluding hydrogens is 274 g/mol. The lowest BCUT2D eigenvalue weighted by molar-refractivity contribution is -0.137. The van der Waals surface area contributed by atoms with Crippen LogP contribution in [0.5, 0.6) is 0 Å². The number of hydrogen-bond acceptors (Lipinski definition) is 6. The molecule has 0 aromatic carbocycles. The highest BCUT2D eigenvalue weighted by molar-refractivity contribution is 7.84. The Balaban J connectivity index is 4.56. The Bertz CT molecular complexity index is 376. The fourth-order valence-corrected chi connectivity index (χ4v) is 1.95. The van der Waals surface area contributed by atoms with Gasteiger partial charge >= 0.3 is 16.3 Å². The second-order valence-corrected chi connectivity index (χ2v) is 4.53. The second-order valence-electron chi connectivity index (χ2n) is 2.62. The number of terminal acetylenes is 1. The van der Waals surface area contributed by atoms with Gasteiger partial charge in [-0.25, -0.2) is 4.79 Å². The minimum atomic E-state index is -4.33. The number of alkyl halides is 1. The molecule has 0 heterocycles. The van der Waals surface area contributed by atoms with E-state index in [0.29, 0.717) is 4.31 Å². The molecule has 0 bridgehead atoms. The number of rotatable bonds is 8. The average Bonchev–Trinajstić information content (AvgIpc) is 2.27. The van der Waals surface area contributed by atoms with Gasteiger partial charge < -0.3 is 14.0 Å². The molecule has 17 heavy (non-hydrogen) atoms. The third-order valence-corrected chi connectivity index (χ3v) is 2.88. The highest BCUT2D eigenvalue weighted by atomic mass is 35.5. The van der Waals surface area contributed by atoms with Crippen LogP contribution in [0.1, 0.15) is 0 Å². The molecule has 98 valence electrons. The van der Waals surface area contributed by atoms with Crippen LogP contribution in [0.3, 0.4) is 0 Å². The topological polar surface area (TPSA) is 93.1 Å². The van der Waals surface area contributed by atoms with Gasteiger partial charge in [0.25, 0.3) is 0 Å². The summed E-state index contributed by atoms with van der Waals surface area (Å²) in [7, 11) is -4.33. The van der Waals surface area contributed by atoms with Gasteiger partial charge in [0.05, 0.1) is 0 Å². The second kappa shape index (κ2) is 8.27. The Morgan fingerprint density at radius 2 is 2.18 bits per heavy atom. The number of nitrogens with zero attached hydrogens (tertiary/aromatic N) is 1. The highest BCUT2D eigenvalue weighted by Crippen LogP contribution is 2.04. The minimum absolute atomic E-state index is 0.0185. The standard InChI is InChI=1S/C8H12ClNO6S/c1-2-5-15-7-10(4-3-9)17(13,14)16-8(12)6-11/h1,11H,3-7H2. The molecule has 0 saturated carbocycles. The number of ether oxygens (including phenoxy) is 1. The van der Waals surface area contributed by atoms with Gasteiger partial charge in [0.15, 0.2) is 0 Å². The van der Waals surface area contributed by atoms with Crippen LogP contribution < -0.4 is 0 Å². The predicted molar refractivity (Wildman–Crippen MR) is 59.2 cm³/mol. The van der Waals surface area contributed by atoms with Gasteiger partial charge in [0, 0.05) is 12.4 Å². The number of carbonyl (C=O) groups excluding carboxylic acids is 1. The van der Waals surface area contributed by atoms with E-state index in [1.807, 2.05) is 0 Å². The van der Waals surface area contributed by atoms with Crippen LogP contribution in [0, 0.1) is 12.3 Å². The molecule has 0 amide bonds. The number of aliphatic hydroxyl groups is 1. The largest absolute Gasteiger partial charge is 0.389 e. The molecule has 0 aliphatic rings. The van der Waals surface area contributed by atoms with Crippen LogP contribution in [0.2, 0.25) is 0 Å². The summed E-state index contributed by atoms with van der Waals surface area (Å²) in [4.78, 5) is 10.7. The Hall–Kier alpha value is -0.850. The third-order valence-electron chi connectivity index (χ3n) is 1.40. The van der Waals surface area contributed by atoms with Crippen LogP contribution in [0.4, 0.5) is 0 Å². The van der Waals surface area contributed by atoms with Crippen molar-refractivity contribution in [3.63, 3.8) is 0 Å². The molecule has 0 saturated heterocycles. The fourth-order valence-electron chi connectivity index (χ4n) is 0.738. The maximum atomic E-state index is 11.5. The van der Waals surface area contributed by atoms with Crippen LogP contribution in [0.15, 0.2) is 0 Å². The summed E-state index contributed by atoms with van der Waals surface area (Å²) >= 11 is 5.39. The Morgan fingerprint density at radius 3 is 2.65 bits per heavy atom. The fraction of sp³-hybridized carbons (Fsp3) is 0.625. The molecule has 9 heteroatoms. The van der Waals surface area contributed by atoms with E-state index in [9.17, 15) is 13.2 Å². The van der Waals surface area contributed by atoms with E-state index in [1.165, 1.54) is 0 Å². The van der Waals surface area contributed by atoms with Gasteiger partial charge in [-0.15, -0.1) is 22.3 Å². The highest BCUT2D eigenvalue weighted by Gasteiger charge is 2.26. The zero-order valence-corrected chi connectivity index (χ0v) is 10.4. The SMILES string of the molecule is C#CCOCN(CCCl)S(=O)(=O)OC(=O)CO. The molecule has 0 radical (unpaired) electrons. The van der Waals surface area contributed by atoms with Crippen LogP contribution in [-0.4, -0.2) is 56.2 Å². The van der Waals surface area contributed by atoms with Gasteiger partial charge in [-0.3, -0.25) is 0 Å². The van der Waals surface area contributed by atoms with E-state index < -0.39 is 29.6 Å². The molecule has 0 spiro atoms. The van der Waals surface area contributed by atoms with Crippen LogP contribution >= 0.6 is 11.6 Å². The minimum Gasteiger partial charge on any atom is -0.385 e. The van der Waals surface area contributed by atoms with Crippen LogP contribution in [-0.2, 0) is 24.0 Å². The van der Waals surface area contributed by atoms with Crippen molar-refractivity contribution < 1.29 is 27.2 Å². The molecule has 0 atom stereocenters. The van der Waals surface area contributed by atoms with Gasteiger partial charge in [0.1, 0.15) is 19.9 Å². The van der Waals surface area contributed by atoms with Gasteiger partial charge in [-0.05, 0) is 0 Å². The molecule has 0 aromatic rings. The lowest BCUT2D eigenvalue weighted by Crippen LogP contribution is -2.37. The van der Waals surface area contributed by atoms with Gasteiger partial charge in [0.2, 0.25) is 0 Å². The van der Waals surface area contributed by atoms with Crippen LogP contribution in [0.25, 0.3) is 0 Å². The number of hydrogen-bond donors (Lipinski definition) is 1. The first-order valence-electron chi connectivity index (χ1n) is 4.38. The van der Waals surface area contributed by atoms with E-state index >= 15 is 0 Å². The maximum absolute atomic E-state index is 11.5. The lowest BCUT2D eigenvalue weighted by atomic mass is 10.7. The summed E-state index contributed by atoms with van der Waals surface area (Å²) in [6, 6.07) is 0. The summed E-state index contributed by atoms with van der Waals surface area (Å²) < 4.78 is 32.5. The maximum Gasteiger partial charge on any atom is 0.389 e. The van der Waals surface area contributed by atoms with Crippen molar-refractivity contribution in [2.45, 2.75) is 0 Å². The van der Waals surface area contributed by atoms with Crippen molar-refractivity contribution in [2.75, 3.05) is 32.4 Å². The van der Waals surface area contributed by atoms with Crippen molar-refractivity contribution in [3.8, 4) is 12.3 Å². The number of carbonyl (C=O) groups is 1. The molecule has 0 fully saturated rings.